The van der Waals surface area contributed by atoms with Crippen molar-refractivity contribution in [2.45, 2.75) is 104 Å². The summed E-state index contributed by atoms with van der Waals surface area (Å²) in [7, 11) is 0. The molecule has 1 N–H and O–H groups in total. The molecule has 1 unspecified atom stereocenters. The van der Waals surface area contributed by atoms with E-state index in [0.29, 0.717) is 30.6 Å². The van der Waals surface area contributed by atoms with Gasteiger partial charge in [0.05, 0.1) is 19.8 Å². The zero-order valence-electron chi connectivity index (χ0n) is 31.3. The predicted molar refractivity (Wildman–Crippen MR) is 201 cm³/mol. The lowest BCUT2D eigenvalue weighted by molar-refractivity contribution is 0.302. The van der Waals surface area contributed by atoms with Crippen LogP contribution in [0, 0.1) is 40.8 Å². The van der Waals surface area contributed by atoms with Crippen molar-refractivity contribution in [3.63, 3.8) is 0 Å². The maximum atomic E-state index is 14.7. The van der Waals surface area contributed by atoms with Gasteiger partial charge in [-0.2, -0.15) is 8.78 Å². The lowest BCUT2D eigenvalue weighted by Gasteiger charge is -2.12. The van der Waals surface area contributed by atoms with E-state index < -0.39 is 40.7 Å². The Labute approximate surface area is 315 Å². The minimum atomic E-state index is -1.41. The van der Waals surface area contributed by atoms with Gasteiger partial charge in [0, 0.05) is 34.4 Å². The number of aromatic hydroxyl groups is 1. The fourth-order valence-electron chi connectivity index (χ4n) is 6.49. The summed E-state index contributed by atoms with van der Waals surface area (Å²) < 4.78 is 102. The third-order valence-electron chi connectivity index (χ3n) is 9.59. The number of hydrogen-bond donors (Lipinski definition) is 1. The average molecular weight is 759 g/mol. The molecule has 0 aromatic heterocycles. The molecule has 4 rings (SSSR count). The van der Waals surface area contributed by atoms with E-state index in [0.717, 1.165) is 56.7 Å². The SMILES string of the molecule is CCOc1ccc(-c2ccc(OCCCCCCCCC(C)CCCCCCCCOc3ccc(-c4ccc(O)c(F)c4F)c(F)c3)cc2F)c(F)c1F. The lowest BCUT2D eigenvalue weighted by Crippen LogP contribution is -2.00. The van der Waals surface area contributed by atoms with Crippen molar-refractivity contribution in [2.24, 2.45) is 5.92 Å². The number of rotatable bonds is 24. The molecule has 0 saturated carbocycles. The first-order valence-corrected chi connectivity index (χ1v) is 19.2. The number of benzene rings is 4. The first kappa shape index (κ1) is 42.4. The Kier molecular flexibility index (Phi) is 17.4. The van der Waals surface area contributed by atoms with Gasteiger partial charge in [-0.25, -0.2) is 17.6 Å². The molecular formula is C44H52F6O4. The first-order valence-electron chi connectivity index (χ1n) is 19.2. The highest BCUT2D eigenvalue weighted by molar-refractivity contribution is 5.67. The summed E-state index contributed by atoms with van der Waals surface area (Å²) in [6.45, 7) is 5.10. The molecule has 0 spiro atoms. The minimum absolute atomic E-state index is 0.0377. The number of ether oxygens (including phenoxy) is 3. The van der Waals surface area contributed by atoms with Gasteiger partial charge in [-0.05, 0) is 74.2 Å². The van der Waals surface area contributed by atoms with Gasteiger partial charge in [0.15, 0.2) is 23.1 Å². The van der Waals surface area contributed by atoms with E-state index in [1.54, 1.807) is 13.0 Å². The van der Waals surface area contributed by atoms with Crippen molar-refractivity contribution >= 4 is 0 Å². The van der Waals surface area contributed by atoms with E-state index >= 15 is 0 Å². The van der Waals surface area contributed by atoms with Crippen LogP contribution in [0.4, 0.5) is 26.3 Å². The van der Waals surface area contributed by atoms with E-state index in [4.69, 9.17) is 14.2 Å². The van der Waals surface area contributed by atoms with Gasteiger partial charge in [-0.3, -0.25) is 0 Å². The second kappa shape index (κ2) is 22.1. The van der Waals surface area contributed by atoms with Crippen LogP contribution in [-0.2, 0) is 0 Å². The molecule has 0 fully saturated rings. The Morgan fingerprint density at radius 1 is 0.481 bits per heavy atom. The summed E-state index contributed by atoms with van der Waals surface area (Å²) in [5.41, 5.74) is -0.569. The monoisotopic (exact) mass is 758 g/mol. The number of hydrogen-bond acceptors (Lipinski definition) is 4. The molecule has 54 heavy (non-hydrogen) atoms. The maximum absolute atomic E-state index is 14.7. The summed E-state index contributed by atoms with van der Waals surface area (Å²) in [5.74, 6) is -6.03. The molecule has 4 nitrogen and oxygen atoms in total. The molecule has 1 atom stereocenters. The number of unbranched alkanes of at least 4 members (excludes halogenated alkanes) is 10. The molecule has 0 aliphatic carbocycles. The largest absolute Gasteiger partial charge is 0.505 e. The molecule has 0 aliphatic heterocycles. The average Bonchev–Trinajstić information content (AvgIpc) is 3.15. The number of phenolic OH excluding ortho intramolecular Hbond substituents is 1. The highest BCUT2D eigenvalue weighted by atomic mass is 19.2. The molecule has 0 bridgehead atoms. The Morgan fingerprint density at radius 3 is 1.39 bits per heavy atom. The van der Waals surface area contributed by atoms with E-state index in [1.165, 1.54) is 87.8 Å². The summed E-state index contributed by atoms with van der Waals surface area (Å²) >= 11 is 0. The molecule has 10 heteroatoms. The zero-order valence-corrected chi connectivity index (χ0v) is 31.3. The molecule has 4 aromatic carbocycles. The van der Waals surface area contributed by atoms with E-state index in [-0.39, 0.29) is 34.6 Å². The van der Waals surface area contributed by atoms with Gasteiger partial charge in [0.25, 0.3) is 0 Å². The first-order chi connectivity index (χ1) is 26.1. The molecular weight excluding hydrogens is 706 g/mol. The van der Waals surface area contributed by atoms with Crippen LogP contribution in [0.5, 0.6) is 23.0 Å². The quantitative estimate of drug-likeness (QED) is 0.0571. The van der Waals surface area contributed by atoms with Gasteiger partial charge in [0.1, 0.15) is 23.1 Å². The fraction of sp³-hybridized carbons (Fsp3) is 0.455. The number of phenols is 1. The highest BCUT2D eigenvalue weighted by Crippen LogP contribution is 2.34. The van der Waals surface area contributed by atoms with Crippen LogP contribution in [0.2, 0.25) is 0 Å². The van der Waals surface area contributed by atoms with Gasteiger partial charge in [-0.1, -0.05) is 84.0 Å². The van der Waals surface area contributed by atoms with Crippen LogP contribution in [0.1, 0.15) is 104 Å². The minimum Gasteiger partial charge on any atom is -0.505 e. The standard InChI is InChI=1S/C44H52F6O4/c1-3-52-40-25-23-36(42(48)44(40)50)34-21-19-32(29-38(34)46)54-27-15-11-7-5-9-13-17-30(2)16-12-8-4-6-10-14-26-53-31-18-20-33(37(45)28-31)35-22-24-39(51)43(49)41(35)47/h18-25,28-30,51H,3-17,26-27H2,1-2H3. The normalized spacial score (nSPS) is 11.9. The van der Waals surface area contributed by atoms with Crippen molar-refractivity contribution in [1.29, 1.82) is 0 Å². The highest BCUT2D eigenvalue weighted by Gasteiger charge is 2.19. The molecule has 4 aromatic rings. The zero-order chi connectivity index (χ0) is 38.9. The molecule has 294 valence electrons. The maximum Gasteiger partial charge on any atom is 0.201 e. The molecule has 0 aliphatic rings. The lowest BCUT2D eigenvalue weighted by atomic mass is 9.96. The third-order valence-corrected chi connectivity index (χ3v) is 9.59. The number of halogens is 6. The van der Waals surface area contributed by atoms with E-state index in [1.807, 2.05) is 0 Å². The second-order valence-corrected chi connectivity index (χ2v) is 13.8. The van der Waals surface area contributed by atoms with Gasteiger partial charge >= 0.3 is 0 Å². The topological polar surface area (TPSA) is 47.9 Å². The molecule has 0 amide bonds. The van der Waals surface area contributed by atoms with Gasteiger partial charge < -0.3 is 19.3 Å². The van der Waals surface area contributed by atoms with Crippen LogP contribution in [0.3, 0.4) is 0 Å². The van der Waals surface area contributed by atoms with Crippen molar-refractivity contribution < 1.29 is 45.7 Å². The summed E-state index contributed by atoms with van der Waals surface area (Å²) in [5, 5.41) is 9.29. The molecule has 0 saturated heterocycles. The fourth-order valence-corrected chi connectivity index (χ4v) is 6.49. The molecule has 0 heterocycles. The Morgan fingerprint density at radius 2 is 0.907 bits per heavy atom. The van der Waals surface area contributed by atoms with Crippen LogP contribution < -0.4 is 14.2 Å². The predicted octanol–water partition coefficient (Wildman–Crippen LogP) is 13.5. The Hall–Kier alpha value is -4.34. The van der Waals surface area contributed by atoms with Crippen LogP contribution in [-0.4, -0.2) is 24.9 Å². The van der Waals surface area contributed by atoms with Crippen molar-refractivity contribution in [3.8, 4) is 45.3 Å². The van der Waals surface area contributed by atoms with E-state index in [2.05, 4.69) is 6.92 Å². The van der Waals surface area contributed by atoms with E-state index in [9.17, 15) is 31.4 Å². The Balaban J connectivity index is 0.963. The van der Waals surface area contributed by atoms with Crippen molar-refractivity contribution in [3.05, 3.63) is 95.6 Å². The van der Waals surface area contributed by atoms with Crippen LogP contribution >= 0.6 is 0 Å². The summed E-state index contributed by atoms with van der Waals surface area (Å²) in [6.07, 6.45) is 15.6. The second-order valence-electron chi connectivity index (χ2n) is 13.8. The summed E-state index contributed by atoms with van der Waals surface area (Å²) in [6, 6.07) is 12.9. The van der Waals surface area contributed by atoms with Crippen LogP contribution in [0.15, 0.2) is 60.7 Å². The molecule has 0 radical (unpaired) electrons. The third kappa shape index (κ3) is 12.6. The smallest absolute Gasteiger partial charge is 0.201 e. The summed E-state index contributed by atoms with van der Waals surface area (Å²) in [4.78, 5) is 0. The van der Waals surface area contributed by atoms with Gasteiger partial charge in [-0.15, -0.1) is 0 Å². The van der Waals surface area contributed by atoms with Crippen LogP contribution in [0.25, 0.3) is 22.3 Å². The Bertz CT molecular complexity index is 1760. The van der Waals surface area contributed by atoms with Crippen molar-refractivity contribution in [1.82, 2.24) is 0 Å². The van der Waals surface area contributed by atoms with Gasteiger partial charge in [0.2, 0.25) is 11.6 Å². The van der Waals surface area contributed by atoms with Crippen molar-refractivity contribution in [2.75, 3.05) is 19.8 Å².